The molecule has 0 aliphatic carbocycles. The minimum Gasteiger partial charge on any atom is -2.00 e. The third-order valence-corrected chi connectivity index (χ3v) is 0. The fraction of sp³-hybridized carbons (Fsp3) is 0. The van der Waals surface area contributed by atoms with Crippen molar-refractivity contribution in [1.82, 2.24) is 0 Å². The van der Waals surface area contributed by atoms with Crippen molar-refractivity contribution in [2.24, 2.45) is 0 Å². The minimum absolute atomic E-state index is 0. The molecule has 0 spiro atoms. The predicted molar refractivity (Wildman–Crippen MR) is 9.19 cm³/mol. The summed E-state index contributed by atoms with van der Waals surface area (Å²) in [5, 5.41) is 0. The Morgan fingerprint density at radius 3 is 0.500 bits per heavy atom. The fourth-order valence-electron chi connectivity index (χ4n) is 0. The third kappa shape index (κ3) is 74.1. The van der Waals surface area contributed by atoms with E-state index in [-0.39, 0.29) is 112 Å². The van der Waals surface area contributed by atoms with Crippen LogP contribution in [0.3, 0.4) is 0 Å². The Morgan fingerprint density at radius 2 is 0.500 bits per heavy atom. The first kappa shape index (κ1) is 146. The van der Waals surface area contributed by atoms with Crippen molar-refractivity contribution in [2.45, 2.75) is 0 Å². The molecule has 0 aromatic carbocycles. The molecule has 0 saturated carbocycles. The maximum Gasteiger partial charge on any atom is 4.00 e. The van der Waals surface area contributed by atoms with Crippen LogP contribution < -0.4 is 0 Å². The van der Waals surface area contributed by atoms with Gasteiger partial charge in [-0.15, -0.1) is 0 Å². The van der Waals surface area contributed by atoms with Gasteiger partial charge in [0, 0.05) is 0 Å². The maximum atomic E-state index is 0. The summed E-state index contributed by atoms with van der Waals surface area (Å²) in [7, 11) is 0. The fourth-order valence-corrected chi connectivity index (χ4v) is 0. The largest absolute Gasteiger partial charge is 4.00 e. The molecule has 0 saturated heterocycles. The summed E-state index contributed by atoms with van der Waals surface area (Å²) >= 11 is 0. The molecule has 8 heavy (non-hydrogen) atoms. The van der Waals surface area contributed by atoms with Crippen molar-refractivity contribution in [2.75, 3.05) is 0 Å². The van der Waals surface area contributed by atoms with E-state index in [9.17, 15) is 0 Å². The second-order valence-electron chi connectivity index (χ2n) is 0. The SMILES string of the molecule is [Al+3].[Ce+3].[Hf+4].[O-2].[O-2].[O-2].[O-2].[O-2]. The van der Waals surface area contributed by atoms with Crippen LogP contribution >= 0.6 is 0 Å². The molecule has 0 aromatic heterocycles. The molecule has 41 valence electrons. The van der Waals surface area contributed by atoms with E-state index in [0.717, 1.165) is 0 Å². The molecule has 0 atom stereocenters. The summed E-state index contributed by atoms with van der Waals surface area (Å²) in [6.45, 7) is 0. The maximum absolute atomic E-state index is 0. The average molecular weight is 426 g/mol. The molecule has 8 heteroatoms. The molecule has 0 aromatic rings. The van der Waals surface area contributed by atoms with E-state index in [1.54, 1.807) is 0 Å². The van der Waals surface area contributed by atoms with Crippen LogP contribution in [0.15, 0.2) is 0 Å². The molecule has 0 fully saturated rings. The third-order valence-electron chi connectivity index (χ3n) is 0. The average Bonchev–Trinajstić information content (AvgIpc) is 0. The molecule has 0 rings (SSSR count). The zero-order valence-electron chi connectivity index (χ0n) is 3.62. The Kier molecular flexibility index (Phi) is 1930. The summed E-state index contributed by atoms with van der Waals surface area (Å²) in [5.74, 6) is 0. The summed E-state index contributed by atoms with van der Waals surface area (Å²) in [6, 6.07) is 0. The first-order chi connectivity index (χ1) is 0. The topological polar surface area (TPSA) is 142 Å². The normalized spacial score (nSPS) is 0. The Bertz CT molecular complexity index is 12.4. The Hall–Kier alpha value is 2.58. The van der Waals surface area contributed by atoms with Gasteiger partial charge in [0.1, 0.15) is 0 Å². The molecular formula is AlCeHfO5. The molecule has 0 amide bonds. The van der Waals surface area contributed by atoms with E-state index in [0.29, 0.717) is 0 Å². The van der Waals surface area contributed by atoms with Gasteiger partial charge in [-0.3, -0.25) is 0 Å². The van der Waals surface area contributed by atoms with Crippen LogP contribution in [-0.2, 0) is 53.2 Å². The van der Waals surface area contributed by atoms with Crippen LogP contribution in [-0.4, -0.2) is 17.4 Å². The smallest absolute Gasteiger partial charge is 2.00 e. The van der Waals surface area contributed by atoms with Gasteiger partial charge in [0.25, 0.3) is 0 Å². The van der Waals surface area contributed by atoms with Gasteiger partial charge < -0.3 is 27.4 Å². The van der Waals surface area contributed by atoms with Crippen molar-refractivity contribution in [1.29, 1.82) is 0 Å². The summed E-state index contributed by atoms with van der Waals surface area (Å²) in [5.41, 5.74) is 0. The number of hydrogen-bond acceptors (Lipinski definition) is 0. The molecule has 0 unspecified atom stereocenters. The van der Waals surface area contributed by atoms with Crippen LogP contribution in [0.25, 0.3) is 0 Å². The first-order valence-corrected chi connectivity index (χ1v) is 0. The minimum atomic E-state index is 0. The van der Waals surface area contributed by atoms with Crippen LogP contribution in [0.2, 0.25) is 0 Å². The summed E-state index contributed by atoms with van der Waals surface area (Å²) in [6.07, 6.45) is 0. The van der Waals surface area contributed by atoms with E-state index in [2.05, 4.69) is 0 Å². The van der Waals surface area contributed by atoms with E-state index in [4.69, 9.17) is 0 Å². The summed E-state index contributed by atoms with van der Waals surface area (Å²) in [4.78, 5) is 0. The van der Waals surface area contributed by atoms with Crippen molar-refractivity contribution >= 4 is 17.4 Å². The molecule has 1 radical (unpaired) electrons. The van der Waals surface area contributed by atoms with Gasteiger partial charge >= 0.3 is 85.0 Å². The van der Waals surface area contributed by atoms with Gasteiger partial charge in [-0.05, 0) is 0 Å². The number of hydrogen-bond donors (Lipinski definition) is 0. The standard InChI is InChI=1S/Al.Ce.Hf.5O/q2*+3;+4;5*-2. The van der Waals surface area contributed by atoms with Crippen molar-refractivity contribution < 1.29 is 95.0 Å². The van der Waals surface area contributed by atoms with E-state index < -0.39 is 0 Å². The number of rotatable bonds is 0. The van der Waals surface area contributed by atoms with Crippen LogP contribution in [0.4, 0.5) is 0 Å². The van der Waals surface area contributed by atoms with Crippen molar-refractivity contribution in [3.8, 4) is 0 Å². The van der Waals surface area contributed by atoms with Crippen molar-refractivity contribution in [3.05, 3.63) is 0 Å². The van der Waals surface area contributed by atoms with Crippen LogP contribution in [0, 0.1) is 41.7 Å². The Labute approximate surface area is 110 Å². The molecular weight excluding hydrogens is 426 g/mol. The molecule has 0 bridgehead atoms. The van der Waals surface area contributed by atoms with Gasteiger partial charge in [-0.1, -0.05) is 0 Å². The monoisotopic (exact) mass is 427 g/mol. The van der Waals surface area contributed by atoms with E-state index in [1.807, 2.05) is 0 Å². The molecule has 5 nitrogen and oxygen atoms in total. The summed E-state index contributed by atoms with van der Waals surface area (Å²) < 4.78 is 0. The van der Waals surface area contributed by atoms with E-state index >= 15 is 0 Å². The zero-order chi connectivity index (χ0) is 0. The zero-order valence-corrected chi connectivity index (χ0v) is 11.5. The first-order valence-electron chi connectivity index (χ1n) is 0. The molecule has 0 heterocycles. The Balaban J connectivity index is 0. The molecule has 0 aliphatic rings. The van der Waals surface area contributed by atoms with Crippen LogP contribution in [0.1, 0.15) is 0 Å². The van der Waals surface area contributed by atoms with Crippen molar-refractivity contribution in [3.63, 3.8) is 0 Å². The predicted octanol–water partition coefficient (Wildman–Crippen LogP) is -0.977. The van der Waals surface area contributed by atoms with Gasteiger partial charge in [0.15, 0.2) is 0 Å². The van der Waals surface area contributed by atoms with Gasteiger partial charge in [-0.25, -0.2) is 0 Å². The van der Waals surface area contributed by atoms with E-state index in [1.165, 1.54) is 0 Å². The van der Waals surface area contributed by atoms with Gasteiger partial charge in [0.2, 0.25) is 0 Å². The second-order valence-corrected chi connectivity index (χ2v) is 0. The second kappa shape index (κ2) is 106. The molecule has 0 N–H and O–H groups in total. The van der Waals surface area contributed by atoms with Crippen LogP contribution in [0.5, 0.6) is 0 Å². The van der Waals surface area contributed by atoms with Gasteiger partial charge in [-0.2, -0.15) is 0 Å². The quantitative estimate of drug-likeness (QED) is 0.440. The van der Waals surface area contributed by atoms with Gasteiger partial charge in [0.05, 0.1) is 0 Å². The Morgan fingerprint density at radius 1 is 0.500 bits per heavy atom. The molecule has 0 aliphatic heterocycles.